The van der Waals surface area contributed by atoms with Crippen LogP contribution < -0.4 is 4.74 Å². The summed E-state index contributed by atoms with van der Waals surface area (Å²) in [6.45, 7) is 0.253. The Kier molecular flexibility index (Phi) is 5.38. The zero-order chi connectivity index (χ0) is 19.2. The van der Waals surface area contributed by atoms with Gasteiger partial charge in [0.1, 0.15) is 24.2 Å². The number of para-hydroxylation sites is 2. The minimum atomic E-state index is -0.916. The van der Waals surface area contributed by atoms with Gasteiger partial charge in [-0.3, -0.25) is 4.79 Å². The Morgan fingerprint density at radius 1 is 1.04 bits per heavy atom. The van der Waals surface area contributed by atoms with Crippen LogP contribution in [-0.4, -0.2) is 16.2 Å². The fourth-order valence-electron chi connectivity index (χ4n) is 2.81. The molecule has 0 saturated heterocycles. The second-order valence-corrected chi connectivity index (χ2v) is 5.98. The number of ether oxygens (including phenoxy) is 1. The number of nitrogens with zero attached hydrogens (tertiary/aromatic N) is 1. The molecule has 0 unspecified atom stereocenters. The number of carbonyl (C=O) groups is 1. The van der Waals surface area contributed by atoms with E-state index in [2.05, 4.69) is 0 Å². The van der Waals surface area contributed by atoms with Crippen molar-refractivity contribution < 1.29 is 19.7 Å². The molecule has 0 bridgehead atoms. The first-order valence-corrected chi connectivity index (χ1v) is 8.32. The number of phenolic OH excluding ortho intramolecular Hbond substituents is 1. The van der Waals surface area contributed by atoms with Gasteiger partial charge < -0.3 is 14.9 Å². The average Bonchev–Trinajstić information content (AvgIpc) is 2.67. The summed E-state index contributed by atoms with van der Waals surface area (Å²) in [5.74, 6) is -0.439. The monoisotopic (exact) mass is 359 g/mol. The van der Waals surface area contributed by atoms with Crippen LogP contribution in [0, 0.1) is 11.3 Å². The quantitative estimate of drug-likeness (QED) is 0.690. The highest BCUT2D eigenvalue weighted by Crippen LogP contribution is 2.32. The second-order valence-electron chi connectivity index (χ2n) is 5.98. The smallest absolute Gasteiger partial charge is 0.307 e. The van der Waals surface area contributed by atoms with Crippen LogP contribution in [0.1, 0.15) is 16.7 Å². The molecule has 134 valence electrons. The number of nitriles is 1. The van der Waals surface area contributed by atoms with E-state index in [9.17, 15) is 9.90 Å². The molecular formula is C22H17NO4. The molecular weight excluding hydrogens is 342 g/mol. The molecule has 0 fully saturated rings. The molecule has 0 aliphatic carbocycles. The maximum Gasteiger partial charge on any atom is 0.307 e. The van der Waals surface area contributed by atoms with Crippen LogP contribution in [0.2, 0.25) is 0 Å². The minimum absolute atomic E-state index is 0.0510. The maximum atomic E-state index is 11.0. The Balaban J connectivity index is 1.82. The lowest BCUT2D eigenvalue weighted by molar-refractivity contribution is -0.136. The third-order valence-electron chi connectivity index (χ3n) is 4.10. The van der Waals surface area contributed by atoms with Gasteiger partial charge in [0.2, 0.25) is 0 Å². The lowest BCUT2D eigenvalue weighted by atomic mass is 10.00. The normalized spacial score (nSPS) is 10.2. The van der Waals surface area contributed by atoms with Crippen LogP contribution >= 0.6 is 0 Å². The van der Waals surface area contributed by atoms with Crippen molar-refractivity contribution in [3.05, 3.63) is 83.4 Å². The SMILES string of the molecule is N#Cc1cccc(-c2cccc(COc3ccccc3CC(=O)O)c2)c1O. The summed E-state index contributed by atoms with van der Waals surface area (Å²) < 4.78 is 5.81. The predicted octanol–water partition coefficient (Wildman–Crippen LogP) is 4.14. The molecule has 0 atom stereocenters. The highest BCUT2D eigenvalue weighted by Gasteiger charge is 2.10. The molecule has 0 radical (unpaired) electrons. The third-order valence-corrected chi connectivity index (χ3v) is 4.10. The molecule has 0 aliphatic rings. The third kappa shape index (κ3) is 4.25. The van der Waals surface area contributed by atoms with Crippen molar-refractivity contribution in [2.45, 2.75) is 13.0 Å². The molecule has 5 nitrogen and oxygen atoms in total. The van der Waals surface area contributed by atoms with Crippen LogP contribution in [0.25, 0.3) is 11.1 Å². The Hall–Kier alpha value is -3.78. The van der Waals surface area contributed by atoms with E-state index in [0.717, 1.165) is 11.1 Å². The molecule has 0 aromatic heterocycles. The molecule has 2 N–H and O–H groups in total. The van der Waals surface area contributed by atoms with Gasteiger partial charge >= 0.3 is 5.97 Å². The number of aromatic hydroxyl groups is 1. The number of benzene rings is 3. The number of hydrogen-bond acceptors (Lipinski definition) is 4. The number of aliphatic carboxylic acids is 1. The number of phenols is 1. The highest BCUT2D eigenvalue weighted by molar-refractivity contribution is 5.73. The fourth-order valence-corrected chi connectivity index (χ4v) is 2.81. The van der Waals surface area contributed by atoms with Crippen LogP contribution in [0.15, 0.2) is 66.7 Å². The van der Waals surface area contributed by atoms with Crippen molar-refractivity contribution >= 4 is 5.97 Å². The molecule has 3 aromatic rings. The van der Waals surface area contributed by atoms with E-state index in [1.807, 2.05) is 30.3 Å². The fraction of sp³-hybridized carbons (Fsp3) is 0.0909. The molecule has 27 heavy (non-hydrogen) atoms. The summed E-state index contributed by atoms with van der Waals surface area (Å²) in [7, 11) is 0. The first-order chi connectivity index (χ1) is 13.1. The number of rotatable bonds is 6. The van der Waals surface area contributed by atoms with Crippen molar-refractivity contribution in [1.82, 2.24) is 0 Å². The van der Waals surface area contributed by atoms with Gasteiger partial charge in [0.05, 0.1) is 12.0 Å². The zero-order valence-electron chi connectivity index (χ0n) is 14.4. The van der Waals surface area contributed by atoms with Crippen LogP contribution in [-0.2, 0) is 17.8 Å². The van der Waals surface area contributed by atoms with Crippen LogP contribution in [0.4, 0.5) is 0 Å². The van der Waals surface area contributed by atoms with Crippen molar-refractivity contribution in [2.75, 3.05) is 0 Å². The molecule has 0 aliphatic heterocycles. The van der Waals surface area contributed by atoms with E-state index in [1.165, 1.54) is 0 Å². The number of hydrogen-bond donors (Lipinski definition) is 2. The molecule has 0 heterocycles. The summed E-state index contributed by atoms with van der Waals surface area (Å²) in [6.07, 6.45) is -0.106. The Bertz CT molecular complexity index is 1020. The van der Waals surface area contributed by atoms with E-state index in [4.69, 9.17) is 15.1 Å². The lowest BCUT2D eigenvalue weighted by Gasteiger charge is -2.12. The molecule has 5 heteroatoms. The van der Waals surface area contributed by atoms with Crippen molar-refractivity contribution in [3.63, 3.8) is 0 Å². The topological polar surface area (TPSA) is 90.5 Å². The molecule has 0 amide bonds. The summed E-state index contributed by atoms with van der Waals surface area (Å²) >= 11 is 0. The van der Waals surface area contributed by atoms with Crippen molar-refractivity contribution in [1.29, 1.82) is 5.26 Å². The van der Waals surface area contributed by atoms with Gasteiger partial charge in [-0.2, -0.15) is 5.26 Å². The maximum absolute atomic E-state index is 11.0. The van der Waals surface area contributed by atoms with Gasteiger partial charge in [-0.25, -0.2) is 0 Å². The lowest BCUT2D eigenvalue weighted by Crippen LogP contribution is -2.04. The zero-order valence-corrected chi connectivity index (χ0v) is 14.4. The van der Waals surface area contributed by atoms with E-state index >= 15 is 0 Å². The standard InChI is InChI=1S/C22H17NO4/c23-13-18-8-4-9-19(22(18)26)16-7-3-5-15(11-16)14-27-20-10-2-1-6-17(20)12-21(24)25/h1-11,26H,12,14H2,(H,24,25). The van der Waals surface area contributed by atoms with E-state index < -0.39 is 5.97 Å². The first kappa shape index (κ1) is 18.0. The van der Waals surface area contributed by atoms with E-state index in [0.29, 0.717) is 16.9 Å². The van der Waals surface area contributed by atoms with E-state index in [-0.39, 0.29) is 24.3 Å². The Labute approximate surface area is 156 Å². The van der Waals surface area contributed by atoms with Crippen molar-refractivity contribution in [3.8, 4) is 28.7 Å². The molecule has 3 rings (SSSR count). The summed E-state index contributed by atoms with van der Waals surface area (Å²) in [6, 6.07) is 21.5. The van der Waals surface area contributed by atoms with Gasteiger partial charge in [-0.15, -0.1) is 0 Å². The molecule has 0 saturated carbocycles. The van der Waals surface area contributed by atoms with Crippen LogP contribution in [0.5, 0.6) is 11.5 Å². The van der Waals surface area contributed by atoms with Gasteiger partial charge in [-0.05, 0) is 29.3 Å². The largest absolute Gasteiger partial charge is 0.506 e. The average molecular weight is 359 g/mol. The number of carboxylic acids is 1. The van der Waals surface area contributed by atoms with Gasteiger partial charge in [0.15, 0.2) is 0 Å². The van der Waals surface area contributed by atoms with Gasteiger partial charge in [-0.1, -0.05) is 48.5 Å². The highest BCUT2D eigenvalue weighted by atomic mass is 16.5. The molecule has 3 aromatic carbocycles. The number of carboxylic acid groups (broad SMARTS) is 1. The summed E-state index contributed by atoms with van der Waals surface area (Å²) in [4.78, 5) is 11.0. The van der Waals surface area contributed by atoms with E-state index in [1.54, 1.807) is 42.5 Å². The van der Waals surface area contributed by atoms with Gasteiger partial charge in [0.25, 0.3) is 0 Å². The predicted molar refractivity (Wildman–Crippen MR) is 100 cm³/mol. The Morgan fingerprint density at radius 3 is 2.59 bits per heavy atom. The molecule has 0 spiro atoms. The first-order valence-electron chi connectivity index (χ1n) is 8.32. The minimum Gasteiger partial charge on any atom is -0.506 e. The summed E-state index contributed by atoms with van der Waals surface area (Å²) in [5, 5.41) is 28.3. The summed E-state index contributed by atoms with van der Waals surface area (Å²) in [5.41, 5.74) is 3.03. The van der Waals surface area contributed by atoms with Crippen LogP contribution in [0.3, 0.4) is 0 Å². The van der Waals surface area contributed by atoms with Crippen molar-refractivity contribution in [2.24, 2.45) is 0 Å². The second kappa shape index (κ2) is 8.07. The van der Waals surface area contributed by atoms with Gasteiger partial charge in [0, 0.05) is 11.1 Å². The Morgan fingerprint density at radius 2 is 1.81 bits per heavy atom.